The molecule has 0 aliphatic carbocycles. The quantitative estimate of drug-likeness (QED) is 0.598. The fourth-order valence-electron chi connectivity index (χ4n) is 2.19. The van der Waals surface area contributed by atoms with Crippen molar-refractivity contribution in [2.24, 2.45) is 0 Å². The molecule has 0 aliphatic rings. The van der Waals surface area contributed by atoms with Gasteiger partial charge in [0.25, 0.3) is 0 Å². The fraction of sp³-hybridized carbons (Fsp3) is 0.0625. The molecule has 2 aromatic carbocycles. The zero-order valence-corrected chi connectivity index (χ0v) is 13.3. The highest BCUT2D eigenvalue weighted by atomic mass is 32.1. The molecule has 24 heavy (non-hydrogen) atoms. The number of aromatic nitrogens is 3. The number of rotatable bonds is 4. The Morgan fingerprint density at radius 2 is 2.08 bits per heavy atom. The second kappa shape index (κ2) is 5.89. The number of thiazole rings is 1. The maximum absolute atomic E-state index is 13.2. The van der Waals surface area contributed by atoms with Crippen LogP contribution in [0.25, 0.3) is 21.7 Å². The highest BCUT2D eigenvalue weighted by Gasteiger charge is 2.12. The lowest BCUT2D eigenvalue weighted by Gasteiger charge is -2.00. The van der Waals surface area contributed by atoms with Crippen LogP contribution in [0.5, 0.6) is 5.75 Å². The normalized spacial score (nSPS) is 10.9. The third kappa shape index (κ3) is 2.79. The molecule has 0 atom stereocenters. The van der Waals surface area contributed by atoms with Crippen molar-refractivity contribution < 1.29 is 13.5 Å². The van der Waals surface area contributed by atoms with Crippen LogP contribution in [-0.4, -0.2) is 22.3 Å². The van der Waals surface area contributed by atoms with E-state index in [0.29, 0.717) is 22.3 Å². The van der Waals surface area contributed by atoms with Gasteiger partial charge in [-0.3, -0.25) is 5.32 Å². The first-order valence-corrected chi connectivity index (χ1v) is 7.84. The molecule has 0 fully saturated rings. The van der Waals surface area contributed by atoms with E-state index in [1.807, 2.05) is 18.2 Å². The van der Waals surface area contributed by atoms with Gasteiger partial charge >= 0.3 is 6.01 Å². The van der Waals surface area contributed by atoms with Gasteiger partial charge in [0.05, 0.1) is 17.3 Å². The molecule has 0 aliphatic heterocycles. The molecule has 8 heteroatoms. The number of anilines is 2. The third-order valence-electron chi connectivity index (χ3n) is 3.31. The highest BCUT2D eigenvalue weighted by molar-refractivity contribution is 7.22. The van der Waals surface area contributed by atoms with Crippen LogP contribution >= 0.6 is 11.3 Å². The summed E-state index contributed by atoms with van der Waals surface area (Å²) in [4.78, 5) is 4.35. The van der Waals surface area contributed by atoms with Gasteiger partial charge in [-0.05, 0) is 36.4 Å². The van der Waals surface area contributed by atoms with Gasteiger partial charge in [-0.25, -0.2) is 9.37 Å². The summed E-state index contributed by atoms with van der Waals surface area (Å²) >= 11 is 1.31. The van der Waals surface area contributed by atoms with Crippen LogP contribution in [0.4, 0.5) is 15.5 Å². The largest absolute Gasteiger partial charge is 0.497 e. The first-order valence-electron chi connectivity index (χ1n) is 7.02. The number of hydrogen-bond donors (Lipinski definition) is 1. The number of halogens is 1. The first-order chi connectivity index (χ1) is 11.7. The Bertz CT molecular complexity index is 1010. The van der Waals surface area contributed by atoms with Crippen LogP contribution in [0.2, 0.25) is 0 Å². The third-order valence-corrected chi connectivity index (χ3v) is 4.24. The Balaban J connectivity index is 1.59. The van der Waals surface area contributed by atoms with Crippen LogP contribution in [0.1, 0.15) is 0 Å². The molecule has 1 N–H and O–H groups in total. The molecular weight excluding hydrogens is 331 g/mol. The van der Waals surface area contributed by atoms with E-state index in [0.717, 1.165) is 10.3 Å². The predicted molar refractivity (Wildman–Crippen MR) is 89.1 cm³/mol. The molecule has 0 amide bonds. The van der Waals surface area contributed by atoms with Crippen LogP contribution in [-0.2, 0) is 0 Å². The van der Waals surface area contributed by atoms with E-state index in [1.54, 1.807) is 19.2 Å². The molecule has 2 heterocycles. The topological polar surface area (TPSA) is 73.1 Å². The zero-order valence-electron chi connectivity index (χ0n) is 12.5. The summed E-state index contributed by atoms with van der Waals surface area (Å²) < 4.78 is 24.7. The molecule has 0 saturated carbocycles. The minimum atomic E-state index is -0.296. The zero-order chi connectivity index (χ0) is 16.5. The SMILES string of the molecule is COc1cccc(-c2nnc(Nc3nc4ccc(F)cc4s3)o2)c1. The maximum Gasteiger partial charge on any atom is 0.322 e. The summed E-state index contributed by atoms with van der Waals surface area (Å²) in [6.07, 6.45) is 0. The van der Waals surface area contributed by atoms with Crippen molar-refractivity contribution in [3.05, 3.63) is 48.3 Å². The van der Waals surface area contributed by atoms with E-state index in [-0.39, 0.29) is 11.8 Å². The van der Waals surface area contributed by atoms with Crippen molar-refractivity contribution in [2.75, 3.05) is 12.4 Å². The van der Waals surface area contributed by atoms with Crippen molar-refractivity contribution in [3.8, 4) is 17.2 Å². The number of nitrogens with zero attached hydrogens (tertiary/aromatic N) is 3. The molecule has 4 rings (SSSR count). The van der Waals surface area contributed by atoms with E-state index in [1.165, 1.54) is 23.5 Å². The molecule has 0 bridgehead atoms. The maximum atomic E-state index is 13.2. The molecule has 2 aromatic heterocycles. The van der Waals surface area contributed by atoms with Gasteiger partial charge in [-0.1, -0.05) is 22.5 Å². The van der Waals surface area contributed by atoms with Gasteiger partial charge in [0.1, 0.15) is 11.6 Å². The number of nitrogens with one attached hydrogen (secondary N) is 1. The molecule has 120 valence electrons. The van der Waals surface area contributed by atoms with Crippen molar-refractivity contribution in [1.29, 1.82) is 0 Å². The van der Waals surface area contributed by atoms with Crippen molar-refractivity contribution in [3.63, 3.8) is 0 Å². The van der Waals surface area contributed by atoms with Gasteiger partial charge < -0.3 is 9.15 Å². The molecule has 4 aromatic rings. The second-order valence-corrected chi connectivity index (χ2v) is 5.93. The van der Waals surface area contributed by atoms with Gasteiger partial charge in [0.15, 0.2) is 5.13 Å². The smallest absolute Gasteiger partial charge is 0.322 e. The average molecular weight is 342 g/mol. The molecule has 0 radical (unpaired) electrons. The standard InChI is InChI=1S/C16H11FN4O2S/c1-22-11-4-2-3-9(7-11)14-20-21-15(23-14)19-16-18-12-6-5-10(17)8-13(12)24-16/h2-8H,1H3,(H,18,19,21). The van der Waals surface area contributed by atoms with Crippen LogP contribution in [0.15, 0.2) is 46.9 Å². The number of fused-ring (bicyclic) bond motifs is 1. The van der Waals surface area contributed by atoms with Crippen LogP contribution in [0, 0.1) is 5.82 Å². The lowest BCUT2D eigenvalue weighted by atomic mass is 10.2. The van der Waals surface area contributed by atoms with Crippen molar-refractivity contribution >= 4 is 32.7 Å². The molecule has 6 nitrogen and oxygen atoms in total. The Morgan fingerprint density at radius 3 is 2.96 bits per heavy atom. The Hall–Kier alpha value is -3.00. The van der Waals surface area contributed by atoms with Crippen LogP contribution < -0.4 is 10.1 Å². The van der Waals surface area contributed by atoms with Gasteiger partial charge in [-0.15, -0.1) is 5.10 Å². The Labute approximate surface area is 139 Å². The summed E-state index contributed by atoms with van der Waals surface area (Å²) in [5.74, 6) is 0.771. The Kier molecular flexibility index (Phi) is 3.58. The van der Waals surface area contributed by atoms with E-state index < -0.39 is 0 Å². The van der Waals surface area contributed by atoms with Crippen LogP contribution in [0.3, 0.4) is 0 Å². The number of methoxy groups -OCH3 is 1. The summed E-state index contributed by atoms with van der Waals surface area (Å²) in [6.45, 7) is 0. The van der Waals surface area contributed by atoms with E-state index in [4.69, 9.17) is 9.15 Å². The number of hydrogen-bond acceptors (Lipinski definition) is 7. The molecule has 0 saturated heterocycles. The lowest BCUT2D eigenvalue weighted by Crippen LogP contribution is -1.88. The van der Waals surface area contributed by atoms with Gasteiger partial charge in [0.2, 0.25) is 5.89 Å². The predicted octanol–water partition coefficient (Wildman–Crippen LogP) is 4.24. The van der Waals surface area contributed by atoms with E-state index in [9.17, 15) is 4.39 Å². The monoisotopic (exact) mass is 342 g/mol. The average Bonchev–Trinajstić information content (AvgIpc) is 3.21. The van der Waals surface area contributed by atoms with E-state index >= 15 is 0 Å². The molecule has 0 unspecified atom stereocenters. The minimum Gasteiger partial charge on any atom is -0.497 e. The summed E-state index contributed by atoms with van der Waals surface area (Å²) in [5, 5.41) is 11.5. The summed E-state index contributed by atoms with van der Waals surface area (Å²) in [6, 6.07) is 12.0. The van der Waals surface area contributed by atoms with Crippen molar-refractivity contribution in [1.82, 2.24) is 15.2 Å². The van der Waals surface area contributed by atoms with E-state index in [2.05, 4.69) is 20.5 Å². The van der Waals surface area contributed by atoms with Gasteiger partial charge in [-0.2, -0.15) is 0 Å². The van der Waals surface area contributed by atoms with Crippen molar-refractivity contribution in [2.45, 2.75) is 0 Å². The summed E-state index contributed by atoms with van der Waals surface area (Å²) in [7, 11) is 1.59. The second-order valence-electron chi connectivity index (χ2n) is 4.90. The number of ether oxygens (including phenoxy) is 1. The fourth-order valence-corrected chi connectivity index (χ4v) is 3.07. The first kappa shape index (κ1) is 14.6. The Morgan fingerprint density at radius 1 is 1.17 bits per heavy atom. The highest BCUT2D eigenvalue weighted by Crippen LogP contribution is 2.30. The lowest BCUT2D eigenvalue weighted by molar-refractivity contribution is 0.415. The van der Waals surface area contributed by atoms with Gasteiger partial charge in [0, 0.05) is 5.56 Å². The molecule has 0 spiro atoms. The number of benzene rings is 2. The summed E-state index contributed by atoms with van der Waals surface area (Å²) in [5.41, 5.74) is 1.46. The molecular formula is C16H11FN4O2S. The minimum absolute atomic E-state index is 0.215.